The number of rotatable bonds is 5. The van der Waals surface area contributed by atoms with E-state index in [9.17, 15) is 5.11 Å². The van der Waals surface area contributed by atoms with Crippen LogP contribution in [0.1, 0.15) is 30.9 Å². The van der Waals surface area contributed by atoms with Crippen LogP contribution in [0.3, 0.4) is 0 Å². The number of hydrogen-bond donors (Lipinski definition) is 1. The molecular formula is C14H20O2. The standard InChI is InChI=1S/C14H20O2/c1-11(16-2)9-12-5-3-4-6-13(12)10-14(15)7-8-14/h3-6,11,15H,7-10H2,1-2H3. The van der Waals surface area contributed by atoms with Gasteiger partial charge in [-0.25, -0.2) is 0 Å². The van der Waals surface area contributed by atoms with Crippen LogP contribution < -0.4 is 0 Å². The highest BCUT2D eigenvalue weighted by molar-refractivity contribution is 5.30. The first-order valence-electron chi connectivity index (χ1n) is 5.95. The SMILES string of the molecule is COC(C)Cc1ccccc1CC1(O)CC1. The molecule has 1 aromatic rings. The van der Waals surface area contributed by atoms with Crippen LogP contribution in [-0.2, 0) is 17.6 Å². The van der Waals surface area contributed by atoms with Gasteiger partial charge in [-0.1, -0.05) is 24.3 Å². The molecule has 1 atom stereocenters. The molecule has 0 aliphatic heterocycles. The normalized spacial score (nSPS) is 19.4. The summed E-state index contributed by atoms with van der Waals surface area (Å²) in [6, 6.07) is 8.35. The van der Waals surface area contributed by atoms with Crippen molar-refractivity contribution in [2.75, 3.05) is 7.11 Å². The summed E-state index contributed by atoms with van der Waals surface area (Å²) < 4.78 is 5.29. The number of benzene rings is 1. The summed E-state index contributed by atoms with van der Waals surface area (Å²) in [7, 11) is 1.74. The fourth-order valence-corrected chi connectivity index (χ4v) is 2.00. The summed E-state index contributed by atoms with van der Waals surface area (Å²) >= 11 is 0. The second kappa shape index (κ2) is 4.56. The molecule has 0 saturated heterocycles. The Kier molecular flexibility index (Phi) is 3.31. The summed E-state index contributed by atoms with van der Waals surface area (Å²) in [6.45, 7) is 2.07. The van der Waals surface area contributed by atoms with Crippen LogP contribution in [0.25, 0.3) is 0 Å². The van der Waals surface area contributed by atoms with E-state index in [2.05, 4.69) is 25.1 Å². The number of hydrogen-bond acceptors (Lipinski definition) is 2. The van der Waals surface area contributed by atoms with Crippen molar-refractivity contribution in [1.82, 2.24) is 0 Å². The van der Waals surface area contributed by atoms with Gasteiger partial charge in [0.2, 0.25) is 0 Å². The summed E-state index contributed by atoms with van der Waals surface area (Å²) in [5, 5.41) is 9.97. The van der Waals surface area contributed by atoms with Crippen molar-refractivity contribution in [3.8, 4) is 0 Å². The average Bonchev–Trinajstić information content (AvgIpc) is 2.99. The van der Waals surface area contributed by atoms with Crippen LogP contribution in [0.2, 0.25) is 0 Å². The number of methoxy groups -OCH3 is 1. The summed E-state index contributed by atoms with van der Waals surface area (Å²) in [6.07, 6.45) is 3.83. The van der Waals surface area contributed by atoms with Crippen LogP contribution in [0.5, 0.6) is 0 Å². The molecule has 1 N–H and O–H groups in total. The summed E-state index contributed by atoms with van der Waals surface area (Å²) in [5.74, 6) is 0. The molecule has 1 aliphatic rings. The molecule has 88 valence electrons. The van der Waals surface area contributed by atoms with Crippen molar-refractivity contribution in [1.29, 1.82) is 0 Å². The third-order valence-electron chi connectivity index (χ3n) is 3.37. The molecule has 2 rings (SSSR count). The lowest BCUT2D eigenvalue weighted by Crippen LogP contribution is -2.15. The topological polar surface area (TPSA) is 29.5 Å². The monoisotopic (exact) mass is 220 g/mol. The minimum atomic E-state index is -0.410. The Bertz CT molecular complexity index is 356. The van der Waals surface area contributed by atoms with E-state index in [1.807, 2.05) is 6.07 Å². The fraction of sp³-hybridized carbons (Fsp3) is 0.571. The Morgan fingerprint density at radius 3 is 2.50 bits per heavy atom. The van der Waals surface area contributed by atoms with Crippen LogP contribution in [-0.4, -0.2) is 23.9 Å². The van der Waals surface area contributed by atoms with Gasteiger partial charge < -0.3 is 9.84 Å². The molecule has 0 radical (unpaired) electrons. The largest absolute Gasteiger partial charge is 0.390 e. The lowest BCUT2D eigenvalue weighted by molar-refractivity contribution is 0.118. The van der Waals surface area contributed by atoms with E-state index in [4.69, 9.17) is 4.74 Å². The average molecular weight is 220 g/mol. The van der Waals surface area contributed by atoms with Gasteiger partial charge >= 0.3 is 0 Å². The van der Waals surface area contributed by atoms with Crippen molar-refractivity contribution in [3.05, 3.63) is 35.4 Å². The molecule has 1 aliphatic carbocycles. The smallest absolute Gasteiger partial charge is 0.0690 e. The Morgan fingerprint density at radius 2 is 1.94 bits per heavy atom. The second-order valence-electron chi connectivity index (χ2n) is 4.92. The Labute approximate surface area is 97.3 Å². The molecule has 1 saturated carbocycles. The molecule has 1 unspecified atom stereocenters. The zero-order valence-corrected chi connectivity index (χ0v) is 10.1. The maximum absolute atomic E-state index is 9.97. The molecule has 2 nitrogen and oxygen atoms in total. The Balaban J connectivity index is 2.10. The second-order valence-corrected chi connectivity index (χ2v) is 4.92. The minimum Gasteiger partial charge on any atom is -0.390 e. The van der Waals surface area contributed by atoms with Crippen LogP contribution in [0, 0.1) is 0 Å². The highest BCUT2D eigenvalue weighted by Crippen LogP contribution is 2.38. The predicted molar refractivity (Wildman–Crippen MR) is 64.5 cm³/mol. The fourth-order valence-electron chi connectivity index (χ4n) is 2.00. The van der Waals surface area contributed by atoms with E-state index in [1.54, 1.807) is 7.11 Å². The highest BCUT2D eigenvalue weighted by Gasteiger charge is 2.40. The minimum absolute atomic E-state index is 0.231. The third kappa shape index (κ3) is 2.83. The summed E-state index contributed by atoms with van der Waals surface area (Å²) in [5.41, 5.74) is 2.16. The molecule has 1 fully saturated rings. The zero-order valence-electron chi connectivity index (χ0n) is 10.1. The Morgan fingerprint density at radius 1 is 1.31 bits per heavy atom. The first-order valence-corrected chi connectivity index (χ1v) is 5.95. The van der Waals surface area contributed by atoms with Crippen molar-refractivity contribution in [2.24, 2.45) is 0 Å². The lowest BCUT2D eigenvalue weighted by Gasteiger charge is -2.15. The van der Waals surface area contributed by atoms with Gasteiger partial charge in [-0.2, -0.15) is 0 Å². The zero-order chi connectivity index (χ0) is 11.6. The molecular weight excluding hydrogens is 200 g/mol. The van der Waals surface area contributed by atoms with Gasteiger partial charge in [0.05, 0.1) is 11.7 Å². The third-order valence-corrected chi connectivity index (χ3v) is 3.37. The van der Waals surface area contributed by atoms with Crippen molar-refractivity contribution in [2.45, 2.75) is 44.3 Å². The van der Waals surface area contributed by atoms with Crippen LogP contribution in [0.15, 0.2) is 24.3 Å². The summed E-state index contributed by atoms with van der Waals surface area (Å²) in [4.78, 5) is 0. The van der Waals surface area contributed by atoms with Gasteiger partial charge in [-0.3, -0.25) is 0 Å². The maximum Gasteiger partial charge on any atom is 0.0690 e. The maximum atomic E-state index is 9.97. The molecule has 0 amide bonds. The van der Waals surface area contributed by atoms with Crippen molar-refractivity contribution < 1.29 is 9.84 Å². The molecule has 16 heavy (non-hydrogen) atoms. The molecule has 1 aromatic carbocycles. The van der Waals surface area contributed by atoms with E-state index >= 15 is 0 Å². The molecule has 0 bridgehead atoms. The van der Waals surface area contributed by atoms with Crippen LogP contribution in [0.4, 0.5) is 0 Å². The molecule has 0 spiro atoms. The predicted octanol–water partition coefficient (Wildman–Crippen LogP) is 2.33. The lowest BCUT2D eigenvalue weighted by atomic mass is 9.97. The first-order chi connectivity index (χ1) is 7.63. The van der Waals surface area contributed by atoms with E-state index in [1.165, 1.54) is 11.1 Å². The Hall–Kier alpha value is -0.860. The van der Waals surface area contributed by atoms with Gasteiger partial charge in [0, 0.05) is 13.5 Å². The van der Waals surface area contributed by atoms with Crippen molar-refractivity contribution in [3.63, 3.8) is 0 Å². The first kappa shape index (κ1) is 11.6. The van der Waals surface area contributed by atoms with E-state index in [-0.39, 0.29) is 6.10 Å². The van der Waals surface area contributed by atoms with Gasteiger partial charge in [0.25, 0.3) is 0 Å². The van der Waals surface area contributed by atoms with Gasteiger partial charge in [-0.15, -0.1) is 0 Å². The van der Waals surface area contributed by atoms with Gasteiger partial charge in [0.15, 0.2) is 0 Å². The van der Waals surface area contributed by atoms with Crippen LogP contribution >= 0.6 is 0 Å². The van der Waals surface area contributed by atoms with Gasteiger partial charge in [0.1, 0.15) is 0 Å². The van der Waals surface area contributed by atoms with E-state index in [0.29, 0.717) is 0 Å². The van der Waals surface area contributed by atoms with E-state index < -0.39 is 5.60 Å². The molecule has 0 heterocycles. The molecule has 2 heteroatoms. The number of ether oxygens (including phenoxy) is 1. The molecule has 0 aromatic heterocycles. The number of aliphatic hydroxyl groups is 1. The van der Waals surface area contributed by atoms with Crippen molar-refractivity contribution >= 4 is 0 Å². The van der Waals surface area contributed by atoms with E-state index in [0.717, 1.165) is 25.7 Å². The van der Waals surface area contributed by atoms with Gasteiger partial charge in [-0.05, 0) is 37.3 Å². The quantitative estimate of drug-likeness (QED) is 0.825. The highest BCUT2D eigenvalue weighted by atomic mass is 16.5.